The lowest BCUT2D eigenvalue weighted by Crippen LogP contribution is -2.35. The molecule has 0 unspecified atom stereocenters. The van der Waals surface area contributed by atoms with Crippen LogP contribution in [-0.2, 0) is 20.0 Å². The summed E-state index contributed by atoms with van der Waals surface area (Å²) in [7, 11) is 1.83. The first-order valence-corrected chi connectivity index (χ1v) is 7.45. The van der Waals surface area contributed by atoms with Gasteiger partial charge in [0.05, 0.1) is 5.56 Å². The van der Waals surface area contributed by atoms with Crippen molar-refractivity contribution < 1.29 is 0 Å². The molecule has 0 atom stereocenters. The van der Waals surface area contributed by atoms with E-state index < -0.39 is 0 Å². The van der Waals surface area contributed by atoms with E-state index in [1.165, 1.54) is 16.9 Å². The second-order valence-electron chi connectivity index (χ2n) is 4.96. The second-order valence-corrected chi connectivity index (χ2v) is 5.97. The Bertz CT molecular complexity index is 705. The molecule has 106 valence electrons. The number of fused-ring (bicyclic) bond motifs is 1. The average Bonchev–Trinajstić information content (AvgIpc) is 2.88. The van der Waals surface area contributed by atoms with Crippen molar-refractivity contribution in [1.29, 1.82) is 0 Å². The summed E-state index contributed by atoms with van der Waals surface area (Å²) in [4.78, 5) is 14.8. The number of rotatable bonds is 2. The number of nitrogens with two attached hydrogens (primary N) is 1. The molecule has 0 saturated heterocycles. The van der Waals surface area contributed by atoms with Gasteiger partial charge in [-0.15, -0.1) is 10.2 Å². The molecule has 3 heterocycles. The average molecular weight is 291 g/mol. The molecule has 20 heavy (non-hydrogen) atoms. The number of pyridine rings is 1. The molecule has 1 aliphatic heterocycles. The molecule has 1 aliphatic rings. The van der Waals surface area contributed by atoms with Crippen molar-refractivity contribution >= 4 is 16.5 Å². The van der Waals surface area contributed by atoms with Crippen LogP contribution in [0.2, 0.25) is 0 Å². The van der Waals surface area contributed by atoms with Crippen LogP contribution in [0.3, 0.4) is 0 Å². The van der Waals surface area contributed by atoms with Crippen LogP contribution in [0.25, 0.3) is 10.6 Å². The van der Waals surface area contributed by atoms with Crippen LogP contribution in [0.4, 0.5) is 5.13 Å². The smallest absolute Gasteiger partial charge is 0.260 e. The number of hydrogen-bond donors (Lipinski definition) is 1. The highest BCUT2D eigenvalue weighted by molar-refractivity contribution is 7.18. The first kappa shape index (κ1) is 13.3. The maximum atomic E-state index is 12.4. The summed E-state index contributed by atoms with van der Waals surface area (Å²) in [6.45, 7) is 5.05. The quantitative estimate of drug-likeness (QED) is 0.888. The van der Waals surface area contributed by atoms with Gasteiger partial charge in [-0.05, 0) is 18.2 Å². The maximum absolute atomic E-state index is 12.4. The summed E-state index contributed by atoms with van der Waals surface area (Å²) in [5.41, 5.74) is 8.51. The number of anilines is 1. The van der Waals surface area contributed by atoms with Crippen molar-refractivity contribution in [3.05, 3.63) is 27.7 Å². The van der Waals surface area contributed by atoms with Crippen LogP contribution in [0.15, 0.2) is 10.9 Å². The zero-order valence-electron chi connectivity index (χ0n) is 11.6. The Balaban J connectivity index is 2.13. The fourth-order valence-corrected chi connectivity index (χ4v) is 3.27. The van der Waals surface area contributed by atoms with Gasteiger partial charge in [0.2, 0.25) is 5.13 Å². The predicted molar refractivity (Wildman–Crippen MR) is 79.7 cm³/mol. The minimum absolute atomic E-state index is 0.0233. The van der Waals surface area contributed by atoms with Crippen LogP contribution in [0.1, 0.15) is 18.2 Å². The van der Waals surface area contributed by atoms with Gasteiger partial charge >= 0.3 is 0 Å². The van der Waals surface area contributed by atoms with Crippen molar-refractivity contribution in [2.75, 3.05) is 18.8 Å². The van der Waals surface area contributed by atoms with Gasteiger partial charge in [-0.3, -0.25) is 9.69 Å². The van der Waals surface area contributed by atoms with E-state index in [0.717, 1.165) is 31.7 Å². The molecule has 0 amide bonds. The van der Waals surface area contributed by atoms with E-state index in [9.17, 15) is 4.79 Å². The largest absolute Gasteiger partial charge is 0.374 e. The standard InChI is InChI=1S/C13H17N5OS/c1-3-18-5-4-10-8(7-18)6-9(12(19)17(10)2)11-15-16-13(14)20-11/h6H,3-5,7H2,1-2H3,(H2,14,16). The van der Waals surface area contributed by atoms with Crippen LogP contribution in [0.5, 0.6) is 0 Å². The molecule has 0 spiro atoms. The summed E-state index contributed by atoms with van der Waals surface area (Å²) < 4.78 is 1.75. The summed E-state index contributed by atoms with van der Waals surface area (Å²) in [6.07, 6.45) is 0.910. The minimum atomic E-state index is -0.0233. The molecule has 0 fully saturated rings. The highest BCUT2D eigenvalue weighted by atomic mass is 32.1. The van der Waals surface area contributed by atoms with E-state index in [1.54, 1.807) is 4.57 Å². The van der Waals surface area contributed by atoms with Gasteiger partial charge in [0.25, 0.3) is 5.56 Å². The van der Waals surface area contributed by atoms with Crippen LogP contribution in [-0.4, -0.2) is 32.8 Å². The Kier molecular flexibility index (Phi) is 3.31. The first-order valence-electron chi connectivity index (χ1n) is 6.63. The molecule has 0 bridgehead atoms. The number of likely N-dealkylation sites (N-methyl/N-ethyl adjacent to an activating group) is 1. The molecule has 0 aliphatic carbocycles. The maximum Gasteiger partial charge on any atom is 0.260 e. The van der Waals surface area contributed by atoms with Gasteiger partial charge in [-0.25, -0.2) is 0 Å². The molecule has 0 aromatic carbocycles. The summed E-state index contributed by atoms with van der Waals surface area (Å²) >= 11 is 1.25. The van der Waals surface area contributed by atoms with E-state index >= 15 is 0 Å². The normalized spacial score (nSPS) is 15.3. The number of nitrogen functional groups attached to an aromatic ring is 1. The fourth-order valence-electron chi connectivity index (χ4n) is 2.65. The van der Waals surface area contributed by atoms with E-state index in [0.29, 0.717) is 15.7 Å². The van der Waals surface area contributed by atoms with E-state index in [-0.39, 0.29) is 5.56 Å². The predicted octanol–water partition coefficient (Wildman–Crippen LogP) is 0.864. The van der Waals surface area contributed by atoms with Crippen molar-refractivity contribution in [2.45, 2.75) is 19.9 Å². The number of aromatic nitrogens is 3. The zero-order valence-corrected chi connectivity index (χ0v) is 12.4. The molecule has 6 nitrogen and oxygen atoms in total. The molecular formula is C13H17N5OS. The van der Waals surface area contributed by atoms with Gasteiger partial charge in [0, 0.05) is 32.3 Å². The third kappa shape index (κ3) is 2.12. The highest BCUT2D eigenvalue weighted by Gasteiger charge is 2.21. The molecule has 7 heteroatoms. The van der Waals surface area contributed by atoms with Crippen molar-refractivity contribution in [3.8, 4) is 10.6 Å². The summed E-state index contributed by atoms with van der Waals surface area (Å²) in [5.74, 6) is 0. The first-order chi connectivity index (χ1) is 9.60. The third-order valence-electron chi connectivity index (χ3n) is 3.81. The van der Waals surface area contributed by atoms with Gasteiger partial charge in [-0.1, -0.05) is 18.3 Å². The molecule has 2 aromatic rings. The van der Waals surface area contributed by atoms with Crippen LogP contribution in [0, 0.1) is 0 Å². The van der Waals surface area contributed by atoms with Crippen LogP contribution < -0.4 is 11.3 Å². The van der Waals surface area contributed by atoms with Crippen molar-refractivity contribution in [3.63, 3.8) is 0 Å². The molecule has 2 N–H and O–H groups in total. The van der Waals surface area contributed by atoms with E-state index in [1.807, 2.05) is 13.1 Å². The topological polar surface area (TPSA) is 77.0 Å². The summed E-state index contributed by atoms with van der Waals surface area (Å²) in [6, 6.07) is 1.96. The van der Waals surface area contributed by atoms with Gasteiger partial charge in [0.1, 0.15) is 0 Å². The molecule has 2 aromatic heterocycles. The van der Waals surface area contributed by atoms with Gasteiger partial charge in [0.15, 0.2) is 5.01 Å². The number of hydrogen-bond acceptors (Lipinski definition) is 6. The number of nitrogens with zero attached hydrogens (tertiary/aromatic N) is 4. The van der Waals surface area contributed by atoms with E-state index in [4.69, 9.17) is 5.73 Å². The van der Waals surface area contributed by atoms with Crippen LogP contribution >= 0.6 is 11.3 Å². The third-order valence-corrected chi connectivity index (χ3v) is 4.59. The molecule has 0 radical (unpaired) electrons. The Labute approximate surface area is 120 Å². The SMILES string of the molecule is CCN1CCc2c(cc(-c3nnc(N)s3)c(=O)n2C)C1. The Morgan fingerprint density at radius 1 is 1.45 bits per heavy atom. The minimum Gasteiger partial charge on any atom is -0.374 e. The van der Waals surface area contributed by atoms with Gasteiger partial charge in [-0.2, -0.15) is 0 Å². The van der Waals surface area contributed by atoms with Crippen molar-refractivity contribution in [1.82, 2.24) is 19.7 Å². The lowest BCUT2D eigenvalue weighted by molar-refractivity contribution is 0.263. The lowest BCUT2D eigenvalue weighted by Gasteiger charge is -2.29. The molecular weight excluding hydrogens is 274 g/mol. The lowest BCUT2D eigenvalue weighted by atomic mass is 10.0. The second kappa shape index (κ2) is 4.99. The Morgan fingerprint density at radius 2 is 2.25 bits per heavy atom. The fraction of sp³-hybridized carbons (Fsp3) is 0.462. The Hall–Kier alpha value is -1.73. The van der Waals surface area contributed by atoms with Gasteiger partial charge < -0.3 is 10.3 Å². The Morgan fingerprint density at radius 3 is 2.90 bits per heavy atom. The molecule has 0 saturated carbocycles. The zero-order chi connectivity index (χ0) is 14.3. The monoisotopic (exact) mass is 291 g/mol. The summed E-state index contributed by atoms with van der Waals surface area (Å²) in [5, 5.41) is 8.77. The van der Waals surface area contributed by atoms with E-state index in [2.05, 4.69) is 22.0 Å². The van der Waals surface area contributed by atoms with Crippen molar-refractivity contribution in [2.24, 2.45) is 7.05 Å². The highest BCUT2D eigenvalue weighted by Crippen LogP contribution is 2.25. The molecule has 3 rings (SSSR count).